The van der Waals surface area contributed by atoms with E-state index in [4.69, 9.17) is 4.74 Å². The number of hydrogen-bond donors (Lipinski definition) is 0. The minimum absolute atomic E-state index is 0.0656. The molecular formula is C24H25F3N2O4. The fraction of sp³-hybridized carbons (Fsp3) is 0.375. The number of nitrogens with zero attached hydrogens (tertiary/aromatic N) is 2. The minimum Gasteiger partial charge on any atom is -0.497 e. The van der Waals surface area contributed by atoms with Crippen molar-refractivity contribution in [3.05, 3.63) is 65.2 Å². The topological polar surface area (TPSA) is 66.9 Å². The van der Waals surface area contributed by atoms with Crippen molar-refractivity contribution in [2.75, 3.05) is 33.3 Å². The molecule has 2 aromatic carbocycles. The number of piperazine rings is 1. The van der Waals surface area contributed by atoms with E-state index < -0.39 is 17.6 Å². The zero-order valence-corrected chi connectivity index (χ0v) is 18.2. The summed E-state index contributed by atoms with van der Waals surface area (Å²) in [5.74, 6) is -0.245. The van der Waals surface area contributed by atoms with Crippen LogP contribution in [-0.2, 0) is 11.0 Å². The van der Waals surface area contributed by atoms with E-state index in [9.17, 15) is 27.6 Å². The van der Waals surface area contributed by atoms with Crippen LogP contribution in [0.1, 0.15) is 45.5 Å². The second-order valence-electron chi connectivity index (χ2n) is 7.72. The molecule has 33 heavy (non-hydrogen) atoms. The number of benzene rings is 2. The monoisotopic (exact) mass is 462 g/mol. The Morgan fingerprint density at radius 2 is 1.48 bits per heavy atom. The Bertz CT molecular complexity index is 998. The first kappa shape index (κ1) is 24.3. The molecule has 1 aliphatic rings. The summed E-state index contributed by atoms with van der Waals surface area (Å²) in [5.41, 5.74) is -0.800. The van der Waals surface area contributed by atoms with Crippen LogP contribution in [0.2, 0.25) is 0 Å². The van der Waals surface area contributed by atoms with Crippen molar-refractivity contribution in [3.8, 4) is 5.75 Å². The number of ether oxygens (including phenoxy) is 1. The first-order valence-electron chi connectivity index (χ1n) is 10.6. The van der Waals surface area contributed by atoms with E-state index >= 15 is 0 Å². The molecule has 176 valence electrons. The molecule has 1 saturated heterocycles. The summed E-state index contributed by atoms with van der Waals surface area (Å²) in [6, 6.07) is 11.5. The van der Waals surface area contributed by atoms with Gasteiger partial charge in [0.2, 0.25) is 5.91 Å². The number of Topliss-reactive ketones (excluding diaryl/α,β-unsaturated/α-hetero) is 1. The van der Waals surface area contributed by atoms with E-state index in [0.717, 1.165) is 6.07 Å². The average Bonchev–Trinajstić information content (AvgIpc) is 2.83. The van der Waals surface area contributed by atoms with Gasteiger partial charge < -0.3 is 14.5 Å². The van der Waals surface area contributed by atoms with E-state index in [2.05, 4.69) is 0 Å². The lowest BCUT2D eigenvalue weighted by Crippen LogP contribution is -2.50. The highest BCUT2D eigenvalue weighted by molar-refractivity contribution is 5.97. The molecular weight excluding hydrogens is 437 g/mol. The summed E-state index contributed by atoms with van der Waals surface area (Å²) < 4.78 is 44.7. The number of halogens is 3. The molecule has 0 unspecified atom stereocenters. The molecule has 0 atom stereocenters. The fourth-order valence-corrected chi connectivity index (χ4v) is 3.73. The molecule has 0 aromatic heterocycles. The second kappa shape index (κ2) is 10.5. The SMILES string of the molecule is COc1ccc(C(=O)CCCC(=O)N2CCN(C(=O)c3ccccc3C(F)(F)F)CC2)cc1. The minimum atomic E-state index is -4.62. The standard InChI is InChI=1S/C24H25F3N2O4/c1-33-18-11-9-17(10-12-18)21(30)7-4-8-22(31)28-13-15-29(16-14-28)23(32)19-5-2-3-6-20(19)24(25,26)27/h2-3,5-6,9-12H,4,7-8,13-16H2,1H3. The van der Waals surface area contributed by atoms with Crippen molar-refractivity contribution in [3.63, 3.8) is 0 Å². The molecule has 0 spiro atoms. The van der Waals surface area contributed by atoms with Crippen LogP contribution in [0, 0.1) is 0 Å². The molecule has 2 aromatic rings. The summed E-state index contributed by atoms with van der Waals surface area (Å²) in [5, 5.41) is 0. The van der Waals surface area contributed by atoms with Crippen LogP contribution in [0.4, 0.5) is 13.2 Å². The maximum atomic E-state index is 13.2. The number of carbonyl (C=O) groups is 3. The van der Waals surface area contributed by atoms with E-state index in [1.54, 1.807) is 36.3 Å². The van der Waals surface area contributed by atoms with Gasteiger partial charge in [-0.25, -0.2) is 0 Å². The molecule has 0 saturated carbocycles. The van der Waals surface area contributed by atoms with Crippen molar-refractivity contribution in [2.45, 2.75) is 25.4 Å². The van der Waals surface area contributed by atoms with Gasteiger partial charge in [-0.15, -0.1) is 0 Å². The van der Waals surface area contributed by atoms with Crippen LogP contribution in [-0.4, -0.2) is 60.7 Å². The van der Waals surface area contributed by atoms with Gasteiger partial charge in [0.15, 0.2) is 5.78 Å². The Labute approximate surface area is 189 Å². The van der Waals surface area contributed by atoms with Crippen molar-refractivity contribution in [1.82, 2.24) is 9.80 Å². The predicted molar refractivity (Wildman–Crippen MR) is 115 cm³/mol. The van der Waals surface area contributed by atoms with E-state index in [1.807, 2.05) is 0 Å². The zero-order valence-electron chi connectivity index (χ0n) is 18.2. The third kappa shape index (κ3) is 6.12. The molecule has 2 amide bonds. The van der Waals surface area contributed by atoms with Gasteiger partial charge in [0.25, 0.3) is 5.91 Å². The van der Waals surface area contributed by atoms with Gasteiger partial charge in [0.05, 0.1) is 18.2 Å². The first-order chi connectivity index (χ1) is 15.7. The zero-order chi connectivity index (χ0) is 24.0. The van der Waals surface area contributed by atoms with E-state index in [-0.39, 0.29) is 56.3 Å². The highest BCUT2D eigenvalue weighted by Crippen LogP contribution is 2.32. The van der Waals surface area contributed by atoms with Gasteiger partial charge >= 0.3 is 6.18 Å². The lowest BCUT2D eigenvalue weighted by atomic mass is 10.0. The Morgan fingerprint density at radius 3 is 2.09 bits per heavy atom. The van der Waals surface area contributed by atoms with Crippen LogP contribution in [0.5, 0.6) is 5.75 Å². The molecule has 0 bridgehead atoms. The smallest absolute Gasteiger partial charge is 0.417 e. The number of alkyl halides is 3. The predicted octanol–water partition coefficient (Wildman–Crippen LogP) is 4.05. The Kier molecular flexibility index (Phi) is 7.73. The van der Waals surface area contributed by atoms with Crippen molar-refractivity contribution in [1.29, 1.82) is 0 Å². The lowest BCUT2D eigenvalue weighted by Gasteiger charge is -2.35. The number of ketones is 1. The summed E-state index contributed by atoms with van der Waals surface area (Å²) in [6.45, 7) is 0.791. The third-order valence-electron chi connectivity index (χ3n) is 5.59. The Hall–Kier alpha value is -3.36. The van der Waals surface area contributed by atoms with E-state index in [1.165, 1.54) is 23.1 Å². The Balaban J connectivity index is 1.47. The largest absolute Gasteiger partial charge is 0.497 e. The van der Waals surface area contributed by atoms with Gasteiger partial charge in [-0.1, -0.05) is 12.1 Å². The number of methoxy groups -OCH3 is 1. The van der Waals surface area contributed by atoms with Crippen molar-refractivity contribution in [2.24, 2.45) is 0 Å². The number of rotatable bonds is 7. The highest BCUT2D eigenvalue weighted by atomic mass is 19.4. The molecule has 0 N–H and O–H groups in total. The van der Waals surface area contributed by atoms with Crippen molar-refractivity contribution >= 4 is 17.6 Å². The quantitative estimate of drug-likeness (QED) is 0.583. The third-order valence-corrected chi connectivity index (χ3v) is 5.59. The van der Waals surface area contributed by atoms with Crippen LogP contribution in [0.15, 0.2) is 48.5 Å². The summed E-state index contributed by atoms with van der Waals surface area (Å²) in [4.78, 5) is 40.3. The second-order valence-corrected chi connectivity index (χ2v) is 7.72. The maximum absolute atomic E-state index is 13.2. The van der Waals surface area contributed by atoms with Gasteiger partial charge in [0.1, 0.15) is 5.75 Å². The lowest BCUT2D eigenvalue weighted by molar-refractivity contribution is -0.138. The van der Waals surface area contributed by atoms with Crippen LogP contribution >= 0.6 is 0 Å². The molecule has 3 rings (SSSR count). The Morgan fingerprint density at radius 1 is 0.879 bits per heavy atom. The maximum Gasteiger partial charge on any atom is 0.417 e. The average molecular weight is 462 g/mol. The molecule has 6 nitrogen and oxygen atoms in total. The molecule has 0 aliphatic carbocycles. The number of carbonyl (C=O) groups excluding carboxylic acids is 3. The van der Waals surface area contributed by atoms with Crippen LogP contribution in [0.3, 0.4) is 0 Å². The van der Waals surface area contributed by atoms with Gasteiger partial charge in [-0.05, 0) is 42.8 Å². The normalized spacial score (nSPS) is 14.2. The molecule has 1 fully saturated rings. The fourth-order valence-electron chi connectivity index (χ4n) is 3.73. The van der Waals surface area contributed by atoms with Crippen LogP contribution in [0.25, 0.3) is 0 Å². The van der Waals surface area contributed by atoms with Crippen molar-refractivity contribution < 1.29 is 32.3 Å². The number of hydrogen-bond acceptors (Lipinski definition) is 4. The van der Waals surface area contributed by atoms with Gasteiger partial charge in [-0.3, -0.25) is 14.4 Å². The highest BCUT2D eigenvalue weighted by Gasteiger charge is 2.36. The van der Waals surface area contributed by atoms with Gasteiger partial charge in [0, 0.05) is 44.6 Å². The molecule has 9 heteroatoms. The molecule has 1 heterocycles. The van der Waals surface area contributed by atoms with Crippen LogP contribution < -0.4 is 4.74 Å². The van der Waals surface area contributed by atoms with E-state index in [0.29, 0.717) is 17.7 Å². The summed E-state index contributed by atoms with van der Waals surface area (Å²) in [6.07, 6.45) is -3.81. The molecule has 1 aliphatic heterocycles. The summed E-state index contributed by atoms with van der Waals surface area (Å²) in [7, 11) is 1.54. The summed E-state index contributed by atoms with van der Waals surface area (Å²) >= 11 is 0. The van der Waals surface area contributed by atoms with Gasteiger partial charge in [-0.2, -0.15) is 13.2 Å². The number of amides is 2. The first-order valence-corrected chi connectivity index (χ1v) is 10.6. The molecule has 0 radical (unpaired) electrons.